The van der Waals surface area contributed by atoms with Gasteiger partial charge in [0.1, 0.15) is 5.01 Å². The number of carbonyl (C=O) groups is 1. The number of hydrogen-bond acceptors (Lipinski definition) is 5. The van der Waals surface area contributed by atoms with Gasteiger partial charge in [-0.05, 0) is 12.0 Å². The first-order valence-corrected chi connectivity index (χ1v) is 8.69. The molecule has 0 atom stereocenters. The van der Waals surface area contributed by atoms with Crippen molar-refractivity contribution in [1.82, 2.24) is 15.2 Å². The molecule has 140 valence electrons. The number of carbonyl (C=O) groups excluding carboxylic acids is 1. The van der Waals surface area contributed by atoms with Gasteiger partial charge in [0.15, 0.2) is 0 Å². The molecular formula is C17H26Cl2N4OS. The zero-order valence-corrected chi connectivity index (χ0v) is 16.8. The third-order valence-electron chi connectivity index (χ3n) is 3.58. The van der Waals surface area contributed by atoms with Crippen molar-refractivity contribution in [2.45, 2.75) is 19.4 Å². The summed E-state index contributed by atoms with van der Waals surface area (Å²) in [7, 11) is 1.64. The van der Waals surface area contributed by atoms with Crippen molar-refractivity contribution in [3.8, 4) is 0 Å². The highest BCUT2D eigenvalue weighted by Gasteiger charge is 2.10. The van der Waals surface area contributed by atoms with Gasteiger partial charge in [-0.25, -0.2) is 4.98 Å². The topological polar surface area (TPSA) is 71.2 Å². The van der Waals surface area contributed by atoms with Crippen LogP contribution < -0.4 is 11.1 Å². The number of halogens is 2. The van der Waals surface area contributed by atoms with E-state index in [1.807, 2.05) is 11.4 Å². The summed E-state index contributed by atoms with van der Waals surface area (Å²) in [6.07, 6.45) is 1.35. The SMILES string of the molecule is CNC(=O)Cc1nc(CN(CCN)CCc2ccccc2)cs1.Cl.Cl. The van der Waals surface area contributed by atoms with Gasteiger partial charge in [-0.2, -0.15) is 0 Å². The van der Waals surface area contributed by atoms with Gasteiger partial charge >= 0.3 is 0 Å². The minimum absolute atomic E-state index is 0. The molecule has 1 aromatic carbocycles. The Kier molecular flexibility index (Phi) is 12.5. The van der Waals surface area contributed by atoms with E-state index in [1.54, 1.807) is 7.05 Å². The number of nitrogens with two attached hydrogens (primary N) is 1. The van der Waals surface area contributed by atoms with Crippen LogP contribution in [0.1, 0.15) is 16.3 Å². The van der Waals surface area contributed by atoms with E-state index in [1.165, 1.54) is 16.9 Å². The molecule has 0 radical (unpaired) electrons. The molecule has 5 nitrogen and oxygen atoms in total. The predicted octanol–water partition coefficient (Wildman–Crippen LogP) is 2.28. The molecule has 1 aromatic heterocycles. The summed E-state index contributed by atoms with van der Waals surface area (Å²) in [5.74, 6) is -0.00575. The second-order valence-corrected chi connectivity index (χ2v) is 6.33. The lowest BCUT2D eigenvalue weighted by atomic mass is 10.1. The Morgan fingerprint density at radius 3 is 2.60 bits per heavy atom. The maximum Gasteiger partial charge on any atom is 0.226 e. The minimum atomic E-state index is -0.00575. The monoisotopic (exact) mass is 404 g/mol. The van der Waals surface area contributed by atoms with Crippen molar-refractivity contribution in [2.24, 2.45) is 5.73 Å². The molecule has 2 aromatic rings. The largest absolute Gasteiger partial charge is 0.359 e. The summed E-state index contributed by atoms with van der Waals surface area (Å²) in [6.45, 7) is 3.19. The van der Waals surface area contributed by atoms with Crippen LogP contribution in [0.4, 0.5) is 0 Å². The molecule has 0 bridgehead atoms. The van der Waals surface area contributed by atoms with Crippen LogP contribution >= 0.6 is 36.2 Å². The standard InChI is InChI=1S/C17H24N4OS.2ClH/c1-19-16(22)11-17-20-15(13-23-17)12-21(10-8-18)9-7-14-5-3-2-4-6-14;;/h2-6,13H,7-12,18H2,1H3,(H,19,22);2*1H. The lowest BCUT2D eigenvalue weighted by Crippen LogP contribution is -2.31. The molecule has 25 heavy (non-hydrogen) atoms. The second-order valence-electron chi connectivity index (χ2n) is 5.38. The van der Waals surface area contributed by atoms with Crippen molar-refractivity contribution in [2.75, 3.05) is 26.7 Å². The van der Waals surface area contributed by atoms with E-state index in [-0.39, 0.29) is 30.7 Å². The molecule has 3 N–H and O–H groups in total. The van der Waals surface area contributed by atoms with Gasteiger partial charge in [0.25, 0.3) is 0 Å². The Balaban J connectivity index is 0.00000288. The quantitative estimate of drug-likeness (QED) is 0.672. The number of likely N-dealkylation sites (N-methyl/N-ethyl adjacent to an activating group) is 1. The van der Waals surface area contributed by atoms with E-state index in [0.717, 1.165) is 36.8 Å². The van der Waals surface area contributed by atoms with Crippen LogP contribution in [-0.2, 0) is 24.2 Å². The molecular weight excluding hydrogens is 379 g/mol. The molecule has 2 rings (SSSR count). The van der Waals surface area contributed by atoms with Crippen LogP contribution in [0.5, 0.6) is 0 Å². The third-order valence-corrected chi connectivity index (χ3v) is 4.48. The number of aromatic nitrogens is 1. The van der Waals surface area contributed by atoms with E-state index in [0.29, 0.717) is 13.0 Å². The molecule has 0 aliphatic heterocycles. The average Bonchev–Trinajstić information content (AvgIpc) is 3.00. The van der Waals surface area contributed by atoms with E-state index in [2.05, 4.69) is 39.5 Å². The minimum Gasteiger partial charge on any atom is -0.359 e. The Morgan fingerprint density at radius 1 is 1.24 bits per heavy atom. The van der Waals surface area contributed by atoms with Crippen molar-refractivity contribution in [3.05, 3.63) is 52.0 Å². The number of thiazole rings is 1. The smallest absolute Gasteiger partial charge is 0.226 e. The van der Waals surface area contributed by atoms with E-state index < -0.39 is 0 Å². The summed E-state index contributed by atoms with van der Waals surface area (Å²) in [5, 5.41) is 5.51. The van der Waals surface area contributed by atoms with Crippen molar-refractivity contribution in [3.63, 3.8) is 0 Å². The summed E-state index contributed by atoms with van der Waals surface area (Å²) in [4.78, 5) is 18.3. The predicted molar refractivity (Wildman–Crippen MR) is 109 cm³/mol. The highest BCUT2D eigenvalue weighted by molar-refractivity contribution is 7.09. The molecule has 8 heteroatoms. The van der Waals surface area contributed by atoms with Crippen LogP contribution in [0.2, 0.25) is 0 Å². The van der Waals surface area contributed by atoms with Crippen LogP contribution in [0.25, 0.3) is 0 Å². The Labute approximate surface area is 165 Å². The second kappa shape index (κ2) is 13.1. The average molecular weight is 405 g/mol. The van der Waals surface area contributed by atoms with E-state index in [4.69, 9.17) is 5.73 Å². The van der Waals surface area contributed by atoms with Crippen molar-refractivity contribution < 1.29 is 4.79 Å². The van der Waals surface area contributed by atoms with Crippen LogP contribution in [-0.4, -0.2) is 42.5 Å². The van der Waals surface area contributed by atoms with Crippen LogP contribution in [0.3, 0.4) is 0 Å². The first-order chi connectivity index (χ1) is 11.2. The summed E-state index contributed by atoms with van der Waals surface area (Å²) >= 11 is 1.54. The zero-order chi connectivity index (χ0) is 16.5. The molecule has 0 saturated carbocycles. The van der Waals surface area contributed by atoms with Gasteiger partial charge in [0, 0.05) is 38.6 Å². The molecule has 0 saturated heterocycles. The molecule has 0 aliphatic carbocycles. The highest BCUT2D eigenvalue weighted by atomic mass is 35.5. The van der Waals surface area contributed by atoms with Crippen molar-refractivity contribution >= 4 is 42.1 Å². The molecule has 1 amide bonds. The first-order valence-electron chi connectivity index (χ1n) is 7.81. The first kappa shape index (κ1) is 23.8. The maximum atomic E-state index is 11.4. The number of nitrogens with zero attached hydrogens (tertiary/aromatic N) is 2. The van der Waals surface area contributed by atoms with Gasteiger partial charge in [-0.1, -0.05) is 30.3 Å². The van der Waals surface area contributed by atoms with Gasteiger partial charge in [-0.15, -0.1) is 36.2 Å². The maximum absolute atomic E-state index is 11.4. The van der Waals surface area contributed by atoms with Gasteiger partial charge in [0.2, 0.25) is 5.91 Å². The molecule has 0 spiro atoms. The summed E-state index contributed by atoms with van der Waals surface area (Å²) in [6, 6.07) is 10.4. The summed E-state index contributed by atoms with van der Waals surface area (Å²) in [5.41, 5.74) is 8.07. The molecule has 0 aliphatic rings. The summed E-state index contributed by atoms with van der Waals surface area (Å²) < 4.78 is 0. The lowest BCUT2D eigenvalue weighted by Gasteiger charge is -2.20. The van der Waals surface area contributed by atoms with Crippen LogP contribution in [0, 0.1) is 0 Å². The van der Waals surface area contributed by atoms with Gasteiger partial charge in [-0.3, -0.25) is 9.69 Å². The Morgan fingerprint density at radius 2 is 1.96 bits per heavy atom. The van der Waals surface area contributed by atoms with E-state index >= 15 is 0 Å². The number of rotatable bonds is 9. The molecule has 1 heterocycles. The number of benzene rings is 1. The fraction of sp³-hybridized carbons (Fsp3) is 0.412. The molecule has 0 unspecified atom stereocenters. The van der Waals surface area contributed by atoms with Crippen LogP contribution in [0.15, 0.2) is 35.7 Å². The number of amides is 1. The normalized spacial score (nSPS) is 10.0. The fourth-order valence-electron chi connectivity index (χ4n) is 2.34. The highest BCUT2D eigenvalue weighted by Crippen LogP contribution is 2.13. The van der Waals surface area contributed by atoms with Gasteiger partial charge < -0.3 is 11.1 Å². The Bertz CT molecular complexity index is 610. The lowest BCUT2D eigenvalue weighted by molar-refractivity contribution is -0.119. The number of nitrogens with one attached hydrogen (secondary N) is 1. The van der Waals surface area contributed by atoms with Gasteiger partial charge in [0.05, 0.1) is 12.1 Å². The fourth-order valence-corrected chi connectivity index (χ4v) is 3.13. The van der Waals surface area contributed by atoms with Crippen molar-refractivity contribution in [1.29, 1.82) is 0 Å². The number of hydrogen-bond donors (Lipinski definition) is 2. The Hall–Kier alpha value is -1.18. The zero-order valence-electron chi connectivity index (χ0n) is 14.3. The third kappa shape index (κ3) is 8.65. The van der Waals surface area contributed by atoms with E-state index in [9.17, 15) is 4.79 Å². The molecule has 0 fully saturated rings.